The smallest absolute Gasteiger partial charge is 0.338 e. The molecule has 0 unspecified atom stereocenters. The fourth-order valence-electron chi connectivity index (χ4n) is 3.52. The Bertz CT molecular complexity index is 1350. The molecule has 0 N–H and O–H groups in total. The minimum Gasteiger partial charge on any atom is -0.463 e. The van der Waals surface area contributed by atoms with E-state index in [0.717, 1.165) is 5.56 Å². The van der Waals surface area contributed by atoms with Crippen LogP contribution in [0.1, 0.15) is 31.0 Å². The summed E-state index contributed by atoms with van der Waals surface area (Å²) in [6.45, 7) is 3.73. The minimum atomic E-state index is -0.639. The molecule has 1 aliphatic heterocycles. The number of hydrogen-bond donors (Lipinski definition) is 0. The van der Waals surface area contributed by atoms with Gasteiger partial charge in [-0.25, -0.2) is 9.79 Å². The maximum Gasteiger partial charge on any atom is 0.338 e. The van der Waals surface area contributed by atoms with Crippen LogP contribution in [0.3, 0.4) is 0 Å². The fraction of sp³-hybridized carbons (Fsp3) is 0.174. The zero-order valence-corrected chi connectivity index (χ0v) is 19.1. The Balaban J connectivity index is 1.99. The van der Waals surface area contributed by atoms with Crippen molar-refractivity contribution < 1.29 is 9.53 Å². The van der Waals surface area contributed by atoms with Gasteiger partial charge < -0.3 is 4.74 Å². The lowest BCUT2D eigenvalue weighted by Gasteiger charge is -2.24. The molecule has 0 spiro atoms. The third-order valence-corrected chi connectivity index (χ3v) is 6.55. The van der Waals surface area contributed by atoms with Crippen molar-refractivity contribution in [2.24, 2.45) is 4.99 Å². The van der Waals surface area contributed by atoms with Gasteiger partial charge in [0.15, 0.2) is 4.80 Å². The third kappa shape index (κ3) is 3.99. The second kappa shape index (κ2) is 8.83. The largest absolute Gasteiger partial charge is 0.463 e. The zero-order chi connectivity index (χ0) is 22.1. The van der Waals surface area contributed by atoms with Gasteiger partial charge in [-0.2, -0.15) is 0 Å². The van der Waals surface area contributed by atoms with Gasteiger partial charge in [-0.3, -0.25) is 9.36 Å². The molecule has 0 saturated carbocycles. The van der Waals surface area contributed by atoms with Crippen LogP contribution in [0.2, 0.25) is 10.0 Å². The van der Waals surface area contributed by atoms with E-state index in [9.17, 15) is 9.59 Å². The predicted octanol–water partition coefficient (Wildman–Crippen LogP) is 4.11. The number of carbonyl (C=O) groups excluding carboxylic acids is 1. The first-order valence-electron chi connectivity index (χ1n) is 9.61. The molecular formula is C23H18Cl2N2O3S. The lowest BCUT2D eigenvalue weighted by Crippen LogP contribution is -2.39. The molecule has 1 aliphatic rings. The van der Waals surface area contributed by atoms with Crippen molar-refractivity contribution in [3.05, 3.63) is 101 Å². The van der Waals surface area contributed by atoms with E-state index >= 15 is 0 Å². The van der Waals surface area contributed by atoms with Crippen LogP contribution in [0.4, 0.5) is 0 Å². The molecule has 0 aliphatic carbocycles. The first-order valence-corrected chi connectivity index (χ1v) is 11.2. The third-order valence-electron chi connectivity index (χ3n) is 4.91. The molecule has 0 bridgehead atoms. The van der Waals surface area contributed by atoms with Crippen LogP contribution in [-0.4, -0.2) is 17.1 Å². The molecule has 0 radical (unpaired) electrons. The molecule has 0 fully saturated rings. The standard InChI is InChI=1S/C23H18Cl2N2O3S/c1-3-30-22(29)19-13(2)26-23-27(20(19)14-8-5-4-6-9-14)21(28)18(31-23)12-15-16(24)10-7-11-17(15)25/h4-12,20H,3H2,1-2H3/b18-12+/t20-/m1/s1. The summed E-state index contributed by atoms with van der Waals surface area (Å²) in [7, 11) is 0. The van der Waals surface area contributed by atoms with Gasteiger partial charge in [0.1, 0.15) is 0 Å². The number of rotatable bonds is 4. The molecule has 1 aromatic heterocycles. The lowest BCUT2D eigenvalue weighted by atomic mass is 9.96. The van der Waals surface area contributed by atoms with Crippen LogP contribution in [-0.2, 0) is 9.53 Å². The van der Waals surface area contributed by atoms with Gasteiger partial charge in [-0.05, 0) is 37.6 Å². The lowest BCUT2D eigenvalue weighted by molar-refractivity contribution is -0.139. The van der Waals surface area contributed by atoms with Gasteiger partial charge in [0, 0.05) is 15.6 Å². The molecular weight excluding hydrogens is 455 g/mol. The quantitative estimate of drug-likeness (QED) is 0.536. The summed E-state index contributed by atoms with van der Waals surface area (Å²) in [4.78, 5) is 31.3. The highest BCUT2D eigenvalue weighted by atomic mass is 35.5. The van der Waals surface area contributed by atoms with Crippen molar-refractivity contribution in [2.45, 2.75) is 19.9 Å². The number of benzene rings is 2. The molecule has 158 valence electrons. The molecule has 8 heteroatoms. The second-order valence-corrected chi connectivity index (χ2v) is 8.67. The van der Waals surface area contributed by atoms with E-state index in [4.69, 9.17) is 27.9 Å². The summed E-state index contributed by atoms with van der Waals surface area (Å²) in [5.74, 6) is -0.485. The zero-order valence-electron chi connectivity index (χ0n) is 16.8. The number of fused-ring (bicyclic) bond motifs is 1. The molecule has 4 rings (SSSR count). The monoisotopic (exact) mass is 472 g/mol. The molecule has 0 saturated heterocycles. The minimum absolute atomic E-state index is 0.229. The highest BCUT2D eigenvalue weighted by Gasteiger charge is 2.33. The Morgan fingerprint density at radius 3 is 2.48 bits per heavy atom. The van der Waals surface area contributed by atoms with Gasteiger partial charge in [0.05, 0.1) is 28.5 Å². The van der Waals surface area contributed by atoms with Crippen molar-refractivity contribution >= 4 is 46.6 Å². The number of allylic oxidation sites excluding steroid dienone is 1. The summed E-state index contributed by atoms with van der Waals surface area (Å²) in [5.41, 5.74) is 1.96. The SMILES string of the molecule is CCOC(=O)C1=C(C)N=c2s/c(=C/c3c(Cl)cccc3Cl)c(=O)n2[C@@H]1c1ccccc1. The van der Waals surface area contributed by atoms with E-state index in [1.165, 1.54) is 15.9 Å². The Morgan fingerprint density at radius 1 is 1.16 bits per heavy atom. The van der Waals surface area contributed by atoms with E-state index in [1.807, 2.05) is 30.3 Å². The van der Waals surface area contributed by atoms with Gasteiger partial charge in [-0.1, -0.05) is 70.9 Å². The predicted molar refractivity (Wildman–Crippen MR) is 123 cm³/mol. The van der Waals surface area contributed by atoms with E-state index in [0.29, 0.717) is 36.2 Å². The van der Waals surface area contributed by atoms with Gasteiger partial charge in [0.2, 0.25) is 0 Å². The maximum atomic E-state index is 13.5. The van der Waals surface area contributed by atoms with Crippen molar-refractivity contribution in [3.63, 3.8) is 0 Å². The maximum absolute atomic E-state index is 13.5. The number of nitrogens with zero attached hydrogens (tertiary/aromatic N) is 2. The van der Waals surface area contributed by atoms with Crippen LogP contribution in [0.15, 0.2) is 69.6 Å². The number of hydrogen-bond acceptors (Lipinski definition) is 5. The van der Waals surface area contributed by atoms with Crippen LogP contribution in [0.25, 0.3) is 6.08 Å². The van der Waals surface area contributed by atoms with Crippen molar-refractivity contribution in [2.75, 3.05) is 6.61 Å². The van der Waals surface area contributed by atoms with Crippen LogP contribution in [0.5, 0.6) is 0 Å². The van der Waals surface area contributed by atoms with E-state index in [1.54, 1.807) is 38.1 Å². The Kier molecular flexibility index (Phi) is 6.14. The second-order valence-electron chi connectivity index (χ2n) is 6.85. The first kappa shape index (κ1) is 21.6. The molecule has 2 aromatic carbocycles. The highest BCUT2D eigenvalue weighted by Crippen LogP contribution is 2.30. The number of esters is 1. The van der Waals surface area contributed by atoms with Crippen molar-refractivity contribution in [1.29, 1.82) is 0 Å². The molecule has 0 amide bonds. The molecule has 2 heterocycles. The number of ether oxygens (including phenoxy) is 1. The summed E-state index contributed by atoms with van der Waals surface area (Å²) < 4.78 is 7.24. The topological polar surface area (TPSA) is 60.7 Å². The van der Waals surface area contributed by atoms with Crippen LogP contribution >= 0.6 is 34.5 Å². The van der Waals surface area contributed by atoms with E-state index in [-0.39, 0.29) is 12.2 Å². The van der Waals surface area contributed by atoms with E-state index < -0.39 is 12.0 Å². The molecule has 1 atom stereocenters. The Hall–Kier alpha value is -2.67. The van der Waals surface area contributed by atoms with Crippen LogP contribution in [0, 0.1) is 0 Å². The fourth-order valence-corrected chi connectivity index (χ4v) is 5.06. The number of carbonyl (C=O) groups is 1. The van der Waals surface area contributed by atoms with Gasteiger partial charge >= 0.3 is 5.97 Å². The first-order chi connectivity index (χ1) is 14.9. The Labute approximate surface area is 192 Å². The normalized spacial score (nSPS) is 16.1. The summed E-state index contributed by atoms with van der Waals surface area (Å²) in [6, 6.07) is 13.9. The van der Waals surface area contributed by atoms with Crippen LogP contribution < -0.4 is 14.9 Å². The average molecular weight is 473 g/mol. The van der Waals surface area contributed by atoms with E-state index in [2.05, 4.69) is 4.99 Å². The van der Waals surface area contributed by atoms with Crippen molar-refractivity contribution in [3.8, 4) is 0 Å². The summed E-state index contributed by atoms with van der Waals surface area (Å²) >= 11 is 13.8. The number of halogens is 2. The van der Waals surface area contributed by atoms with Gasteiger partial charge in [-0.15, -0.1) is 0 Å². The Morgan fingerprint density at radius 2 is 1.84 bits per heavy atom. The highest BCUT2D eigenvalue weighted by molar-refractivity contribution is 7.07. The molecule has 3 aromatic rings. The summed E-state index contributed by atoms with van der Waals surface area (Å²) in [6.07, 6.45) is 1.67. The molecule has 5 nitrogen and oxygen atoms in total. The molecule has 31 heavy (non-hydrogen) atoms. The number of aromatic nitrogens is 1. The van der Waals surface area contributed by atoms with Crippen molar-refractivity contribution in [1.82, 2.24) is 4.57 Å². The number of thiazole rings is 1. The summed E-state index contributed by atoms with van der Waals surface area (Å²) in [5, 5.41) is 0.891. The van der Waals surface area contributed by atoms with Gasteiger partial charge in [0.25, 0.3) is 5.56 Å². The average Bonchev–Trinajstić information content (AvgIpc) is 3.05.